The largest absolute Gasteiger partial charge is 0.456 e. The van der Waals surface area contributed by atoms with Gasteiger partial charge in [0.1, 0.15) is 16.7 Å². The van der Waals surface area contributed by atoms with Gasteiger partial charge in [-0.1, -0.05) is 146 Å². The van der Waals surface area contributed by atoms with Gasteiger partial charge in [-0.15, -0.1) is 0 Å². The summed E-state index contributed by atoms with van der Waals surface area (Å²) >= 11 is 0. The summed E-state index contributed by atoms with van der Waals surface area (Å²) in [5, 5.41) is 4.29. The summed E-state index contributed by atoms with van der Waals surface area (Å²) in [4.78, 5) is 2.36. The van der Waals surface area contributed by atoms with Crippen molar-refractivity contribution >= 4 is 60.9 Å². The molecule has 10 aromatic rings. The molecule has 0 aliphatic rings. The van der Waals surface area contributed by atoms with Gasteiger partial charge in [-0.3, -0.25) is 0 Å². The van der Waals surface area contributed by atoms with Gasteiger partial charge in [-0.2, -0.15) is 0 Å². The standard InChI is InChI=1S/C48H31NO2/c1-3-12-32(13-4-1)33-22-24-34(25-23-33)35-26-28-37(29-27-35)49(42-18-11-21-45-46(42)41-17-8-10-20-44(41)50-45)47-38(36-14-5-2-6-15-36)30-31-40-39-16-7-9-19-43(39)51-48(40)47/h1-31H. The third-order valence-corrected chi connectivity index (χ3v) is 9.90. The second kappa shape index (κ2) is 11.9. The summed E-state index contributed by atoms with van der Waals surface area (Å²) in [5.41, 5.74) is 13.3. The molecule has 0 bridgehead atoms. The van der Waals surface area contributed by atoms with Crippen LogP contribution in [0.4, 0.5) is 17.1 Å². The zero-order chi connectivity index (χ0) is 33.7. The first-order valence-corrected chi connectivity index (χ1v) is 17.3. The zero-order valence-corrected chi connectivity index (χ0v) is 27.7. The van der Waals surface area contributed by atoms with Crippen LogP contribution < -0.4 is 4.90 Å². The smallest absolute Gasteiger partial charge is 0.160 e. The van der Waals surface area contributed by atoms with E-state index in [-0.39, 0.29) is 0 Å². The molecule has 0 saturated heterocycles. The Labute approximate surface area is 295 Å². The van der Waals surface area contributed by atoms with Crippen LogP contribution in [0.3, 0.4) is 0 Å². The molecule has 0 aliphatic heterocycles. The van der Waals surface area contributed by atoms with Gasteiger partial charge in [-0.05, 0) is 70.3 Å². The summed E-state index contributed by atoms with van der Waals surface area (Å²) in [5.74, 6) is 0. The van der Waals surface area contributed by atoms with Crippen molar-refractivity contribution in [3.8, 4) is 33.4 Å². The van der Waals surface area contributed by atoms with Gasteiger partial charge in [0.2, 0.25) is 0 Å². The first kappa shape index (κ1) is 29.1. The predicted molar refractivity (Wildman–Crippen MR) is 212 cm³/mol. The molecule has 0 saturated carbocycles. The van der Waals surface area contributed by atoms with Crippen molar-refractivity contribution in [3.63, 3.8) is 0 Å². The number of furan rings is 2. The van der Waals surface area contributed by atoms with E-state index in [1.165, 1.54) is 16.7 Å². The summed E-state index contributed by atoms with van der Waals surface area (Å²) in [7, 11) is 0. The lowest BCUT2D eigenvalue weighted by molar-refractivity contribution is 0.668. The Bertz CT molecular complexity index is 2830. The Hall–Kier alpha value is -6.84. The van der Waals surface area contributed by atoms with E-state index in [2.05, 4.69) is 169 Å². The summed E-state index contributed by atoms with van der Waals surface area (Å²) < 4.78 is 13.3. The topological polar surface area (TPSA) is 29.5 Å². The molecule has 0 spiro atoms. The highest BCUT2D eigenvalue weighted by Gasteiger charge is 2.26. The van der Waals surface area contributed by atoms with E-state index >= 15 is 0 Å². The summed E-state index contributed by atoms with van der Waals surface area (Å²) in [6, 6.07) is 66.1. The molecule has 0 aliphatic carbocycles. The van der Waals surface area contributed by atoms with Crippen molar-refractivity contribution in [1.82, 2.24) is 0 Å². The molecule has 3 nitrogen and oxygen atoms in total. The molecular formula is C48H31NO2. The van der Waals surface area contributed by atoms with Gasteiger partial charge >= 0.3 is 0 Å². The third-order valence-electron chi connectivity index (χ3n) is 9.90. The number of hydrogen-bond donors (Lipinski definition) is 0. The average Bonchev–Trinajstić information content (AvgIpc) is 3.78. The quantitative estimate of drug-likeness (QED) is 0.179. The molecule has 0 fully saturated rings. The second-order valence-electron chi connectivity index (χ2n) is 12.9. The molecule has 0 unspecified atom stereocenters. The van der Waals surface area contributed by atoms with Gasteiger partial charge < -0.3 is 13.7 Å². The summed E-state index contributed by atoms with van der Waals surface area (Å²) in [6.45, 7) is 0. The van der Waals surface area contributed by atoms with Gasteiger partial charge in [0.25, 0.3) is 0 Å². The second-order valence-corrected chi connectivity index (χ2v) is 12.9. The number of nitrogens with zero attached hydrogens (tertiary/aromatic N) is 1. The molecule has 0 radical (unpaired) electrons. The van der Waals surface area contributed by atoms with E-state index in [9.17, 15) is 0 Å². The fraction of sp³-hybridized carbons (Fsp3) is 0. The highest BCUT2D eigenvalue weighted by atomic mass is 16.3. The lowest BCUT2D eigenvalue weighted by Crippen LogP contribution is -2.12. The Kier molecular flexibility index (Phi) is 6.81. The first-order valence-electron chi connectivity index (χ1n) is 17.3. The molecule has 8 aromatic carbocycles. The first-order chi connectivity index (χ1) is 25.3. The maximum atomic E-state index is 6.83. The highest BCUT2D eigenvalue weighted by Crippen LogP contribution is 2.50. The molecule has 10 rings (SSSR count). The van der Waals surface area contributed by atoms with Crippen molar-refractivity contribution in [2.24, 2.45) is 0 Å². The Balaban J connectivity index is 1.22. The monoisotopic (exact) mass is 653 g/mol. The van der Waals surface area contributed by atoms with Crippen LogP contribution in [-0.2, 0) is 0 Å². The number of hydrogen-bond acceptors (Lipinski definition) is 3. The zero-order valence-electron chi connectivity index (χ0n) is 27.7. The molecule has 2 heterocycles. The van der Waals surface area contributed by atoms with Crippen LogP contribution in [0.15, 0.2) is 197 Å². The highest BCUT2D eigenvalue weighted by molar-refractivity contribution is 6.18. The van der Waals surface area contributed by atoms with E-state index < -0.39 is 0 Å². The molecule has 0 N–H and O–H groups in total. The lowest BCUT2D eigenvalue weighted by Gasteiger charge is -2.28. The molecular weight excluding hydrogens is 623 g/mol. The predicted octanol–water partition coefficient (Wildman–Crippen LogP) is 14.0. The van der Waals surface area contributed by atoms with Gasteiger partial charge in [0.15, 0.2) is 5.58 Å². The number of para-hydroxylation sites is 2. The van der Waals surface area contributed by atoms with E-state index in [1.807, 2.05) is 24.3 Å². The van der Waals surface area contributed by atoms with Crippen LogP contribution in [0.25, 0.3) is 77.3 Å². The van der Waals surface area contributed by atoms with E-state index in [0.29, 0.717) is 0 Å². The van der Waals surface area contributed by atoms with E-state index in [4.69, 9.17) is 8.83 Å². The van der Waals surface area contributed by atoms with Crippen LogP contribution in [0, 0.1) is 0 Å². The van der Waals surface area contributed by atoms with E-state index in [0.717, 1.165) is 77.6 Å². The third kappa shape index (κ3) is 4.90. The van der Waals surface area contributed by atoms with Gasteiger partial charge in [-0.25, -0.2) is 0 Å². The van der Waals surface area contributed by atoms with Gasteiger partial charge in [0, 0.05) is 27.4 Å². The van der Waals surface area contributed by atoms with Crippen molar-refractivity contribution < 1.29 is 8.83 Å². The van der Waals surface area contributed by atoms with Crippen LogP contribution in [0.5, 0.6) is 0 Å². The summed E-state index contributed by atoms with van der Waals surface area (Å²) in [6.07, 6.45) is 0. The average molecular weight is 654 g/mol. The molecule has 3 heteroatoms. The van der Waals surface area contributed by atoms with Crippen LogP contribution >= 0.6 is 0 Å². The SMILES string of the molecule is c1ccc(-c2ccc(-c3ccc(N(c4c(-c5ccccc5)ccc5c4oc4ccccc45)c4cccc5oc6ccccc6c45)cc3)cc2)cc1. The maximum absolute atomic E-state index is 6.83. The van der Waals surface area contributed by atoms with Crippen molar-refractivity contribution in [1.29, 1.82) is 0 Å². The maximum Gasteiger partial charge on any atom is 0.160 e. The molecule has 51 heavy (non-hydrogen) atoms. The number of fused-ring (bicyclic) bond motifs is 6. The van der Waals surface area contributed by atoms with Gasteiger partial charge in [0.05, 0.1) is 16.8 Å². The fourth-order valence-corrected chi connectivity index (χ4v) is 7.47. The van der Waals surface area contributed by atoms with Crippen LogP contribution in [0.1, 0.15) is 0 Å². The van der Waals surface area contributed by atoms with Crippen molar-refractivity contribution in [2.45, 2.75) is 0 Å². The van der Waals surface area contributed by atoms with E-state index in [1.54, 1.807) is 0 Å². The minimum Gasteiger partial charge on any atom is -0.456 e. The minimum atomic E-state index is 0.836. The fourth-order valence-electron chi connectivity index (χ4n) is 7.47. The Morgan fingerprint density at radius 2 is 0.863 bits per heavy atom. The number of benzene rings is 8. The molecule has 240 valence electrons. The number of rotatable bonds is 6. The molecule has 2 aromatic heterocycles. The normalized spacial score (nSPS) is 11.5. The molecule has 0 amide bonds. The lowest BCUT2D eigenvalue weighted by atomic mass is 9.97. The Morgan fingerprint density at radius 3 is 1.55 bits per heavy atom. The molecule has 0 atom stereocenters. The number of anilines is 3. The minimum absolute atomic E-state index is 0.836. The Morgan fingerprint density at radius 1 is 0.333 bits per heavy atom. The van der Waals surface area contributed by atoms with Crippen molar-refractivity contribution in [2.75, 3.05) is 4.90 Å². The van der Waals surface area contributed by atoms with Crippen LogP contribution in [0.2, 0.25) is 0 Å². The van der Waals surface area contributed by atoms with Crippen molar-refractivity contribution in [3.05, 3.63) is 188 Å². The van der Waals surface area contributed by atoms with Crippen LogP contribution in [-0.4, -0.2) is 0 Å².